The fraction of sp³-hybridized carbons (Fsp3) is 1.00. The van der Waals surface area contributed by atoms with Crippen molar-refractivity contribution in [1.29, 1.82) is 0 Å². The summed E-state index contributed by atoms with van der Waals surface area (Å²) in [4.78, 5) is 11.5. The zero-order valence-electron chi connectivity index (χ0n) is 10.4. The summed E-state index contributed by atoms with van der Waals surface area (Å²) in [6.45, 7) is 6.19. The largest absolute Gasteiger partial charge is 0.266 e. The molecule has 0 aromatic rings. The number of hydrogen-bond donors (Lipinski definition) is 0. The molecule has 0 atom stereocenters. The lowest BCUT2D eigenvalue weighted by Crippen LogP contribution is -2.39. The molecular weight excluding hydrogens is 204 g/mol. The Morgan fingerprint density at radius 1 is 0.688 bits per heavy atom. The maximum Gasteiger partial charge on any atom is 0.194 e. The van der Waals surface area contributed by atoms with Gasteiger partial charge in [-0.25, -0.2) is 0 Å². The molecule has 0 bridgehead atoms. The summed E-state index contributed by atoms with van der Waals surface area (Å²) < 4.78 is 0. The van der Waals surface area contributed by atoms with E-state index in [1.54, 1.807) is 0 Å². The summed E-state index contributed by atoms with van der Waals surface area (Å²) in [6, 6.07) is 0. The van der Waals surface area contributed by atoms with E-state index in [0.29, 0.717) is 0 Å². The van der Waals surface area contributed by atoms with Gasteiger partial charge in [-0.3, -0.25) is 9.68 Å². The quantitative estimate of drug-likeness (QED) is 0.688. The molecule has 94 valence electrons. The van der Waals surface area contributed by atoms with Gasteiger partial charge < -0.3 is 0 Å². The summed E-state index contributed by atoms with van der Waals surface area (Å²) in [5.74, 6) is 0. The predicted octanol–water partition coefficient (Wildman–Crippen LogP) is 2.17. The Bertz CT molecular complexity index is 169. The third-order valence-electron chi connectivity index (χ3n) is 3.23. The first-order chi connectivity index (χ1) is 7.84. The molecule has 0 radical (unpaired) electrons. The number of hydroxylamine groups is 4. The van der Waals surface area contributed by atoms with Gasteiger partial charge in [0.1, 0.15) is 0 Å². The molecule has 0 saturated carbocycles. The molecule has 2 fully saturated rings. The Labute approximate surface area is 98.4 Å². The van der Waals surface area contributed by atoms with E-state index in [9.17, 15) is 0 Å². The van der Waals surface area contributed by atoms with Crippen molar-refractivity contribution in [2.45, 2.75) is 51.7 Å². The molecule has 0 aromatic heterocycles. The van der Waals surface area contributed by atoms with Gasteiger partial charge in [0.2, 0.25) is 0 Å². The normalized spacial score (nSPS) is 25.1. The first-order valence-corrected chi connectivity index (χ1v) is 6.68. The van der Waals surface area contributed by atoms with Gasteiger partial charge >= 0.3 is 0 Å². The van der Waals surface area contributed by atoms with Crippen LogP contribution in [0.1, 0.15) is 45.4 Å². The predicted molar refractivity (Wildman–Crippen MR) is 62.5 cm³/mol. The van der Waals surface area contributed by atoms with Crippen LogP contribution in [0.4, 0.5) is 0 Å². The van der Waals surface area contributed by atoms with Crippen LogP contribution < -0.4 is 0 Å². The van der Waals surface area contributed by atoms with Gasteiger partial charge in [0, 0.05) is 26.2 Å². The van der Waals surface area contributed by atoms with Crippen LogP contribution in [-0.4, -0.2) is 42.6 Å². The molecule has 2 saturated heterocycles. The maximum absolute atomic E-state index is 5.76. The van der Waals surface area contributed by atoms with Crippen molar-refractivity contribution in [1.82, 2.24) is 10.1 Å². The van der Waals surface area contributed by atoms with Crippen molar-refractivity contribution in [2.75, 3.05) is 26.2 Å². The van der Waals surface area contributed by atoms with E-state index in [-0.39, 0.29) is 6.29 Å². The first kappa shape index (κ1) is 12.3. The molecule has 0 unspecified atom stereocenters. The fourth-order valence-corrected chi connectivity index (χ4v) is 2.38. The third-order valence-corrected chi connectivity index (χ3v) is 3.23. The standard InChI is InChI=1S/C12H24N2O2/c1-12(15-13-8-4-2-5-9-13)16-14-10-6-3-7-11-14/h12H,2-11H2,1H3. The number of piperidine rings is 2. The summed E-state index contributed by atoms with van der Waals surface area (Å²) in [5, 5.41) is 4.11. The molecule has 0 N–H and O–H groups in total. The number of nitrogens with zero attached hydrogens (tertiary/aromatic N) is 2. The Balaban J connectivity index is 1.64. The highest BCUT2D eigenvalue weighted by Crippen LogP contribution is 2.14. The van der Waals surface area contributed by atoms with Crippen LogP contribution in [0.25, 0.3) is 0 Å². The molecule has 0 aromatic carbocycles. The Morgan fingerprint density at radius 2 is 1.06 bits per heavy atom. The highest BCUT2D eigenvalue weighted by molar-refractivity contribution is 4.58. The lowest BCUT2D eigenvalue weighted by atomic mass is 10.2. The molecule has 4 heteroatoms. The minimum absolute atomic E-state index is 0.142. The Hall–Kier alpha value is -0.160. The van der Waals surface area contributed by atoms with Crippen LogP contribution >= 0.6 is 0 Å². The summed E-state index contributed by atoms with van der Waals surface area (Å²) in [7, 11) is 0. The van der Waals surface area contributed by atoms with Crippen molar-refractivity contribution >= 4 is 0 Å². The molecule has 2 rings (SSSR count). The zero-order chi connectivity index (χ0) is 11.2. The number of rotatable bonds is 4. The highest BCUT2D eigenvalue weighted by Gasteiger charge is 2.18. The van der Waals surface area contributed by atoms with E-state index in [2.05, 4.69) is 10.1 Å². The minimum Gasteiger partial charge on any atom is -0.266 e. The zero-order valence-corrected chi connectivity index (χ0v) is 10.4. The average molecular weight is 228 g/mol. The smallest absolute Gasteiger partial charge is 0.194 e. The van der Waals surface area contributed by atoms with E-state index < -0.39 is 0 Å². The maximum atomic E-state index is 5.76. The molecule has 0 aliphatic carbocycles. The van der Waals surface area contributed by atoms with Crippen molar-refractivity contribution in [3.63, 3.8) is 0 Å². The third kappa shape index (κ3) is 4.01. The molecule has 2 aliphatic heterocycles. The molecule has 0 spiro atoms. The van der Waals surface area contributed by atoms with Gasteiger partial charge in [0.15, 0.2) is 6.29 Å². The van der Waals surface area contributed by atoms with E-state index in [1.165, 1.54) is 38.5 Å². The van der Waals surface area contributed by atoms with Crippen LogP contribution in [-0.2, 0) is 9.68 Å². The fourth-order valence-electron chi connectivity index (χ4n) is 2.38. The first-order valence-electron chi connectivity index (χ1n) is 6.68. The SMILES string of the molecule is CC(ON1CCCCC1)ON1CCCCC1. The van der Waals surface area contributed by atoms with Crippen molar-refractivity contribution in [2.24, 2.45) is 0 Å². The monoisotopic (exact) mass is 228 g/mol. The lowest BCUT2D eigenvalue weighted by Gasteiger charge is -2.32. The van der Waals surface area contributed by atoms with Crippen LogP contribution in [0.5, 0.6) is 0 Å². The Morgan fingerprint density at radius 3 is 1.44 bits per heavy atom. The van der Waals surface area contributed by atoms with Gasteiger partial charge in [-0.05, 0) is 32.6 Å². The minimum atomic E-state index is -0.142. The van der Waals surface area contributed by atoms with Gasteiger partial charge in [-0.15, -0.1) is 0 Å². The second kappa shape index (κ2) is 6.55. The van der Waals surface area contributed by atoms with Gasteiger partial charge in [-0.2, -0.15) is 10.1 Å². The second-order valence-electron chi connectivity index (χ2n) is 4.76. The number of hydrogen-bond acceptors (Lipinski definition) is 4. The second-order valence-corrected chi connectivity index (χ2v) is 4.76. The van der Waals surface area contributed by atoms with E-state index in [0.717, 1.165) is 26.2 Å². The molecular formula is C12H24N2O2. The highest BCUT2D eigenvalue weighted by atomic mass is 16.8. The van der Waals surface area contributed by atoms with E-state index >= 15 is 0 Å². The molecule has 4 nitrogen and oxygen atoms in total. The molecule has 2 aliphatic rings. The van der Waals surface area contributed by atoms with Crippen molar-refractivity contribution in [3.05, 3.63) is 0 Å². The summed E-state index contributed by atoms with van der Waals surface area (Å²) in [5.41, 5.74) is 0. The van der Waals surface area contributed by atoms with Gasteiger partial charge in [0.05, 0.1) is 0 Å². The van der Waals surface area contributed by atoms with Gasteiger partial charge in [0.25, 0.3) is 0 Å². The van der Waals surface area contributed by atoms with E-state index in [1.807, 2.05) is 6.92 Å². The van der Waals surface area contributed by atoms with Crippen molar-refractivity contribution < 1.29 is 9.68 Å². The Kier molecular flexibility index (Phi) is 5.03. The van der Waals surface area contributed by atoms with Gasteiger partial charge in [-0.1, -0.05) is 12.8 Å². The summed E-state index contributed by atoms with van der Waals surface area (Å²) >= 11 is 0. The van der Waals surface area contributed by atoms with Crippen LogP contribution in [0.15, 0.2) is 0 Å². The van der Waals surface area contributed by atoms with E-state index in [4.69, 9.17) is 9.68 Å². The lowest BCUT2D eigenvalue weighted by molar-refractivity contribution is -0.347. The molecule has 2 heterocycles. The van der Waals surface area contributed by atoms with Crippen molar-refractivity contribution in [3.8, 4) is 0 Å². The van der Waals surface area contributed by atoms with Crippen LogP contribution in [0, 0.1) is 0 Å². The topological polar surface area (TPSA) is 24.9 Å². The van der Waals surface area contributed by atoms with Crippen LogP contribution in [0.2, 0.25) is 0 Å². The summed E-state index contributed by atoms with van der Waals surface area (Å²) in [6.07, 6.45) is 7.51. The van der Waals surface area contributed by atoms with Crippen LogP contribution in [0.3, 0.4) is 0 Å². The average Bonchev–Trinajstić information content (AvgIpc) is 2.31. The molecule has 0 amide bonds. The molecule has 16 heavy (non-hydrogen) atoms.